The largest absolute Gasteiger partial charge is 0.348 e. The molecule has 0 saturated heterocycles. The van der Waals surface area contributed by atoms with Crippen LogP contribution in [0.1, 0.15) is 32.6 Å². The van der Waals surface area contributed by atoms with Gasteiger partial charge in [0.15, 0.2) is 0 Å². The minimum Gasteiger partial charge on any atom is -0.348 e. The van der Waals surface area contributed by atoms with Crippen molar-refractivity contribution in [1.29, 1.82) is 0 Å². The first-order valence-corrected chi connectivity index (χ1v) is 10.6. The summed E-state index contributed by atoms with van der Waals surface area (Å²) in [6.07, 6.45) is 3.32. The Balaban J connectivity index is 1.86. The maximum absolute atomic E-state index is 13.1. The van der Waals surface area contributed by atoms with Gasteiger partial charge in [0.05, 0.1) is 16.1 Å². The highest BCUT2D eigenvalue weighted by molar-refractivity contribution is 7.92. The summed E-state index contributed by atoms with van der Waals surface area (Å²) in [4.78, 5) is 16.9. The zero-order chi connectivity index (χ0) is 21.0. The van der Waals surface area contributed by atoms with Crippen molar-refractivity contribution in [2.45, 2.75) is 32.2 Å². The Morgan fingerprint density at radius 2 is 1.69 bits per heavy atom. The van der Waals surface area contributed by atoms with Crippen molar-refractivity contribution < 1.29 is 13.2 Å². The van der Waals surface area contributed by atoms with E-state index in [-0.39, 0.29) is 22.1 Å². The van der Waals surface area contributed by atoms with Gasteiger partial charge in [0, 0.05) is 18.9 Å². The van der Waals surface area contributed by atoms with Crippen LogP contribution in [0.3, 0.4) is 0 Å². The summed E-state index contributed by atoms with van der Waals surface area (Å²) in [6.45, 7) is 5.75. The second kappa shape index (κ2) is 8.45. The lowest BCUT2D eigenvalue weighted by atomic mass is 10.1. The number of carbonyl (C=O) groups excluding carboxylic acids is 1. The maximum atomic E-state index is 13.1. The standard InChI is InChI=1S/C22H23N3O3S/c1-15-11-16(2)21(17(3)12-15)29(27,28)25-20-9-5-4-8-19(20)22(26)24-14-18-7-6-10-23-13-18/h4-13,25H,14H2,1-3H3,(H,24,26). The number of benzene rings is 2. The normalized spacial score (nSPS) is 11.1. The molecule has 0 fully saturated rings. The van der Waals surface area contributed by atoms with E-state index in [4.69, 9.17) is 0 Å². The maximum Gasteiger partial charge on any atom is 0.262 e. The van der Waals surface area contributed by atoms with Crippen LogP contribution in [0.5, 0.6) is 0 Å². The minimum atomic E-state index is -3.85. The van der Waals surface area contributed by atoms with E-state index in [2.05, 4.69) is 15.0 Å². The number of hydrogen-bond acceptors (Lipinski definition) is 4. The fraction of sp³-hybridized carbons (Fsp3) is 0.182. The molecular weight excluding hydrogens is 386 g/mol. The summed E-state index contributed by atoms with van der Waals surface area (Å²) in [5.74, 6) is -0.371. The van der Waals surface area contributed by atoms with Crippen LogP contribution in [0.25, 0.3) is 0 Å². The number of anilines is 1. The van der Waals surface area contributed by atoms with Crippen molar-refractivity contribution in [3.8, 4) is 0 Å². The van der Waals surface area contributed by atoms with Crippen LogP contribution in [-0.2, 0) is 16.6 Å². The molecule has 0 bridgehead atoms. The second-order valence-corrected chi connectivity index (χ2v) is 8.54. The lowest BCUT2D eigenvalue weighted by Gasteiger charge is -2.16. The molecule has 1 heterocycles. The highest BCUT2D eigenvalue weighted by atomic mass is 32.2. The van der Waals surface area contributed by atoms with E-state index >= 15 is 0 Å². The fourth-order valence-corrected chi connectivity index (χ4v) is 4.87. The van der Waals surface area contributed by atoms with Gasteiger partial charge in [-0.15, -0.1) is 0 Å². The van der Waals surface area contributed by atoms with E-state index < -0.39 is 10.0 Å². The molecule has 7 heteroatoms. The Kier molecular flexibility index (Phi) is 5.98. The number of nitrogens with one attached hydrogen (secondary N) is 2. The molecule has 0 spiro atoms. The van der Waals surface area contributed by atoms with Crippen molar-refractivity contribution in [1.82, 2.24) is 10.3 Å². The van der Waals surface area contributed by atoms with Crippen LogP contribution in [0.15, 0.2) is 65.8 Å². The zero-order valence-electron chi connectivity index (χ0n) is 16.6. The number of pyridine rings is 1. The van der Waals surface area contributed by atoms with E-state index in [1.54, 1.807) is 56.6 Å². The molecule has 150 valence electrons. The average Bonchev–Trinajstić information content (AvgIpc) is 2.66. The average molecular weight is 410 g/mol. The van der Waals surface area contributed by atoms with Crippen molar-refractivity contribution in [2.75, 3.05) is 4.72 Å². The van der Waals surface area contributed by atoms with Gasteiger partial charge >= 0.3 is 0 Å². The summed E-state index contributed by atoms with van der Waals surface area (Å²) in [6, 6.07) is 13.8. The number of aryl methyl sites for hydroxylation is 3. The third-order valence-electron chi connectivity index (χ3n) is 4.47. The number of sulfonamides is 1. The predicted molar refractivity (Wildman–Crippen MR) is 113 cm³/mol. The summed E-state index contributed by atoms with van der Waals surface area (Å²) >= 11 is 0. The summed E-state index contributed by atoms with van der Waals surface area (Å²) in [5, 5.41) is 2.80. The molecule has 0 aliphatic carbocycles. The third kappa shape index (κ3) is 4.81. The molecule has 2 N–H and O–H groups in total. The van der Waals surface area contributed by atoms with Gasteiger partial charge in [0.2, 0.25) is 0 Å². The second-order valence-electron chi connectivity index (χ2n) is 6.92. The van der Waals surface area contributed by atoms with Gasteiger partial charge in [0.25, 0.3) is 15.9 Å². The number of carbonyl (C=O) groups is 1. The Labute approximate surface area is 171 Å². The van der Waals surface area contributed by atoms with Crippen LogP contribution < -0.4 is 10.0 Å². The molecule has 29 heavy (non-hydrogen) atoms. The molecule has 3 rings (SSSR count). The Bertz CT molecular complexity index is 1120. The molecule has 3 aromatic rings. The highest BCUT2D eigenvalue weighted by Gasteiger charge is 2.22. The molecule has 0 atom stereocenters. The fourth-order valence-electron chi connectivity index (χ4n) is 3.34. The zero-order valence-corrected chi connectivity index (χ0v) is 17.4. The van der Waals surface area contributed by atoms with Crippen molar-refractivity contribution in [3.05, 3.63) is 88.7 Å². The van der Waals surface area contributed by atoms with Gasteiger partial charge in [0.1, 0.15) is 0 Å². The molecule has 1 aromatic heterocycles. The molecular formula is C22H23N3O3S. The van der Waals surface area contributed by atoms with Crippen LogP contribution >= 0.6 is 0 Å². The minimum absolute atomic E-state index is 0.230. The molecule has 0 unspecified atom stereocenters. The number of rotatable bonds is 6. The monoisotopic (exact) mass is 409 g/mol. The van der Waals surface area contributed by atoms with E-state index in [1.807, 2.05) is 25.1 Å². The van der Waals surface area contributed by atoms with Gasteiger partial charge in [-0.2, -0.15) is 0 Å². The molecule has 2 aromatic carbocycles. The number of amides is 1. The first-order valence-electron chi connectivity index (χ1n) is 9.15. The molecule has 1 amide bonds. The number of nitrogens with zero attached hydrogens (tertiary/aromatic N) is 1. The number of hydrogen-bond donors (Lipinski definition) is 2. The van der Waals surface area contributed by atoms with Crippen molar-refractivity contribution in [3.63, 3.8) is 0 Å². The van der Waals surface area contributed by atoms with Crippen LogP contribution in [0.4, 0.5) is 5.69 Å². The molecule has 0 aliphatic rings. The SMILES string of the molecule is Cc1cc(C)c(S(=O)(=O)Nc2ccccc2C(=O)NCc2cccnc2)c(C)c1. The van der Waals surface area contributed by atoms with E-state index in [1.165, 1.54) is 0 Å². The van der Waals surface area contributed by atoms with E-state index in [9.17, 15) is 13.2 Å². The third-order valence-corrected chi connectivity index (χ3v) is 6.14. The predicted octanol–water partition coefficient (Wildman–Crippen LogP) is 3.74. The van der Waals surface area contributed by atoms with E-state index in [0.717, 1.165) is 11.1 Å². The van der Waals surface area contributed by atoms with Crippen LogP contribution in [-0.4, -0.2) is 19.3 Å². The first-order chi connectivity index (χ1) is 13.8. The quantitative estimate of drug-likeness (QED) is 0.649. The molecule has 0 radical (unpaired) electrons. The van der Waals surface area contributed by atoms with Gasteiger partial charge in [-0.3, -0.25) is 14.5 Å². The lowest BCUT2D eigenvalue weighted by molar-refractivity contribution is 0.0952. The lowest BCUT2D eigenvalue weighted by Crippen LogP contribution is -2.25. The molecule has 0 saturated carbocycles. The van der Waals surface area contributed by atoms with Gasteiger partial charge in [-0.05, 0) is 55.7 Å². The van der Waals surface area contributed by atoms with E-state index in [0.29, 0.717) is 17.7 Å². The van der Waals surface area contributed by atoms with Crippen molar-refractivity contribution in [2.24, 2.45) is 0 Å². The topological polar surface area (TPSA) is 88.2 Å². The van der Waals surface area contributed by atoms with Gasteiger partial charge in [-0.25, -0.2) is 8.42 Å². The van der Waals surface area contributed by atoms with Crippen LogP contribution in [0, 0.1) is 20.8 Å². The Morgan fingerprint density at radius 1 is 1.00 bits per heavy atom. The summed E-state index contributed by atoms with van der Waals surface area (Å²) < 4.78 is 28.7. The first kappa shape index (κ1) is 20.5. The Hall–Kier alpha value is -3.19. The van der Waals surface area contributed by atoms with Crippen molar-refractivity contribution >= 4 is 21.6 Å². The molecule has 6 nitrogen and oxygen atoms in total. The highest BCUT2D eigenvalue weighted by Crippen LogP contribution is 2.26. The molecule has 0 aliphatic heterocycles. The smallest absolute Gasteiger partial charge is 0.262 e. The van der Waals surface area contributed by atoms with Gasteiger partial charge in [-0.1, -0.05) is 35.9 Å². The van der Waals surface area contributed by atoms with Gasteiger partial charge < -0.3 is 5.32 Å². The summed E-state index contributed by atoms with van der Waals surface area (Å²) in [5.41, 5.74) is 3.65. The Morgan fingerprint density at radius 3 is 2.34 bits per heavy atom. The summed E-state index contributed by atoms with van der Waals surface area (Å²) in [7, 11) is -3.85. The van der Waals surface area contributed by atoms with Crippen LogP contribution in [0.2, 0.25) is 0 Å². The number of aromatic nitrogens is 1. The number of para-hydroxylation sites is 1.